The highest BCUT2D eigenvalue weighted by atomic mass is 32.2. The fraction of sp³-hybridized carbons (Fsp3) is 0.667. The molecule has 1 fully saturated rings. The maximum absolute atomic E-state index is 2.61. The van der Waals surface area contributed by atoms with E-state index in [0.29, 0.717) is 0 Å². The van der Waals surface area contributed by atoms with Crippen molar-refractivity contribution in [2.45, 2.75) is 58.4 Å². The number of benzene rings is 1. The summed E-state index contributed by atoms with van der Waals surface area (Å²) in [7, 11) is 0. The van der Waals surface area contributed by atoms with Crippen molar-refractivity contribution in [3.05, 3.63) is 29.8 Å². The molecule has 2 heteroatoms. The van der Waals surface area contributed by atoms with Crippen LogP contribution in [-0.4, -0.2) is 23.7 Å². The Kier molecular flexibility index (Phi) is 9.04. The molecule has 0 radical (unpaired) electrons. The van der Waals surface area contributed by atoms with Gasteiger partial charge in [0.2, 0.25) is 0 Å². The zero-order chi connectivity index (χ0) is 14.8. The minimum absolute atomic E-state index is 0.975. The Hall–Kier alpha value is -0.470. The summed E-state index contributed by atoms with van der Waals surface area (Å²) >= 11 is 1.94. The molecule has 0 atom stereocenters. The number of piperidine rings is 1. The molecule has 20 heavy (non-hydrogen) atoms. The van der Waals surface area contributed by atoms with Gasteiger partial charge >= 0.3 is 0 Å². The molecule has 0 bridgehead atoms. The van der Waals surface area contributed by atoms with E-state index in [-0.39, 0.29) is 0 Å². The van der Waals surface area contributed by atoms with E-state index in [0.717, 1.165) is 18.2 Å². The molecule has 1 aliphatic rings. The third-order valence-corrected chi connectivity index (χ3v) is 4.78. The Morgan fingerprint density at radius 2 is 1.85 bits per heavy atom. The fourth-order valence-electron chi connectivity index (χ4n) is 2.71. The van der Waals surface area contributed by atoms with E-state index < -0.39 is 0 Å². The van der Waals surface area contributed by atoms with E-state index in [4.69, 9.17) is 0 Å². The van der Waals surface area contributed by atoms with Gasteiger partial charge in [0.25, 0.3) is 0 Å². The molecule has 0 amide bonds. The topological polar surface area (TPSA) is 3.24 Å². The van der Waals surface area contributed by atoms with Crippen LogP contribution in [0, 0.1) is 5.92 Å². The highest BCUT2D eigenvalue weighted by Gasteiger charge is 2.17. The second-order valence-electron chi connectivity index (χ2n) is 5.21. The lowest BCUT2D eigenvalue weighted by molar-refractivity contribution is 0.175. The summed E-state index contributed by atoms with van der Waals surface area (Å²) in [5.41, 5.74) is 1.48. The predicted octanol–water partition coefficient (Wildman–Crippen LogP) is 5.45. The van der Waals surface area contributed by atoms with E-state index in [9.17, 15) is 0 Å². The Morgan fingerprint density at radius 3 is 2.45 bits per heavy atom. The van der Waals surface area contributed by atoms with Crippen molar-refractivity contribution < 1.29 is 0 Å². The SMILES string of the molecule is CC.CCSc1cccc(CN2CCC(CC)CC2)c1. The van der Waals surface area contributed by atoms with Gasteiger partial charge in [-0.15, -0.1) is 11.8 Å². The first-order valence-electron chi connectivity index (χ1n) is 8.26. The highest BCUT2D eigenvalue weighted by Crippen LogP contribution is 2.23. The van der Waals surface area contributed by atoms with E-state index in [1.54, 1.807) is 0 Å². The Labute approximate surface area is 130 Å². The first kappa shape index (κ1) is 17.6. The highest BCUT2D eigenvalue weighted by molar-refractivity contribution is 7.99. The summed E-state index contributed by atoms with van der Waals surface area (Å²) in [6, 6.07) is 9.05. The maximum Gasteiger partial charge on any atom is 0.0234 e. The minimum atomic E-state index is 0.975. The normalized spacial score (nSPS) is 16.6. The zero-order valence-corrected chi connectivity index (χ0v) is 14.5. The molecule has 0 saturated carbocycles. The van der Waals surface area contributed by atoms with Gasteiger partial charge in [0.1, 0.15) is 0 Å². The molecular weight excluding hydrogens is 262 g/mol. The van der Waals surface area contributed by atoms with Crippen molar-refractivity contribution in [1.29, 1.82) is 0 Å². The monoisotopic (exact) mass is 293 g/mol. The first-order chi connectivity index (χ1) is 9.81. The second-order valence-corrected chi connectivity index (χ2v) is 6.55. The van der Waals surface area contributed by atoms with Gasteiger partial charge in [0.15, 0.2) is 0 Å². The summed E-state index contributed by atoms with van der Waals surface area (Å²) < 4.78 is 0. The molecule has 114 valence electrons. The van der Waals surface area contributed by atoms with Crippen LogP contribution in [0.4, 0.5) is 0 Å². The van der Waals surface area contributed by atoms with E-state index in [1.807, 2.05) is 25.6 Å². The van der Waals surface area contributed by atoms with Gasteiger partial charge in [-0.1, -0.05) is 46.2 Å². The largest absolute Gasteiger partial charge is 0.299 e. The molecule has 1 aliphatic heterocycles. The zero-order valence-electron chi connectivity index (χ0n) is 13.7. The minimum Gasteiger partial charge on any atom is -0.299 e. The Bertz CT molecular complexity index is 356. The fourth-order valence-corrected chi connectivity index (χ4v) is 3.45. The molecule has 1 aromatic carbocycles. The Balaban J connectivity index is 0.000000956. The third-order valence-electron chi connectivity index (χ3n) is 3.90. The molecule has 1 heterocycles. The third kappa shape index (κ3) is 5.88. The van der Waals surface area contributed by atoms with Gasteiger partial charge in [-0.05, 0) is 55.3 Å². The summed E-state index contributed by atoms with van der Waals surface area (Å²) in [4.78, 5) is 4.03. The molecule has 1 saturated heterocycles. The number of rotatable bonds is 5. The van der Waals surface area contributed by atoms with Crippen LogP contribution >= 0.6 is 11.8 Å². The molecule has 0 aliphatic carbocycles. The van der Waals surface area contributed by atoms with Gasteiger partial charge in [-0.3, -0.25) is 4.90 Å². The molecule has 1 nitrogen and oxygen atoms in total. The predicted molar refractivity (Wildman–Crippen MR) is 92.5 cm³/mol. The van der Waals surface area contributed by atoms with E-state index in [2.05, 4.69) is 43.0 Å². The maximum atomic E-state index is 2.61. The molecule has 2 rings (SSSR count). The number of nitrogens with zero attached hydrogens (tertiary/aromatic N) is 1. The molecular formula is C18H31NS. The summed E-state index contributed by atoms with van der Waals surface area (Å²) in [5.74, 6) is 2.13. The van der Waals surface area contributed by atoms with Crippen molar-refractivity contribution in [3.63, 3.8) is 0 Å². The van der Waals surface area contributed by atoms with E-state index >= 15 is 0 Å². The van der Waals surface area contributed by atoms with Crippen molar-refractivity contribution in [3.8, 4) is 0 Å². The van der Waals surface area contributed by atoms with Crippen LogP contribution in [0.25, 0.3) is 0 Å². The van der Waals surface area contributed by atoms with Gasteiger partial charge in [0.05, 0.1) is 0 Å². The molecule has 0 aromatic heterocycles. The number of thioether (sulfide) groups is 1. The van der Waals surface area contributed by atoms with Crippen LogP contribution in [0.15, 0.2) is 29.2 Å². The first-order valence-corrected chi connectivity index (χ1v) is 9.24. The molecule has 1 aromatic rings. The lowest BCUT2D eigenvalue weighted by Gasteiger charge is -2.31. The quantitative estimate of drug-likeness (QED) is 0.664. The summed E-state index contributed by atoms with van der Waals surface area (Å²) in [6.07, 6.45) is 4.14. The number of hydrogen-bond donors (Lipinski definition) is 0. The number of hydrogen-bond acceptors (Lipinski definition) is 2. The molecule has 0 unspecified atom stereocenters. The van der Waals surface area contributed by atoms with Crippen LogP contribution in [-0.2, 0) is 6.54 Å². The van der Waals surface area contributed by atoms with Gasteiger partial charge in [-0.2, -0.15) is 0 Å². The van der Waals surface area contributed by atoms with Crippen LogP contribution < -0.4 is 0 Å². The molecule has 0 spiro atoms. The Morgan fingerprint density at radius 1 is 1.15 bits per heavy atom. The van der Waals surface area contributed by atoms with Gasteiger partial charge < -0.3 is 0 Å². The van der Waals surface area contributed by atoms with Gasteiger partial charge in [-0.25, -0.2) is 0 Å². The van der Waals surface area contributed by atoms with Crippen molar-refractivity contribution in [2.24, 2.45) is 5.92 Å². The standard InChI is InChI=1S/C16H25NS.C2H6/c1-3-14-8-10-17(11-9-14)13-15-6-5-7-16(12-15)18-4-2;1-2/h5-7,12,14H,3-4,8-11,13H2,1-2H3;1-2H3. The van der Waals surface area contributed by atoms with E-state index in [1.165, 1.54) is 42.8 Å². The number of likely N-dealkylation sites (tertiary alicyclic amines) is 1. The summed E-state index contributed by atoms with van der Waals surface area (Å²) in [6.45, 7) is 12.2. The van der Waals surface area contributed by atoms with Crippen LogP contribution in [0.3, 0.4) is 0 Å². The van der Waals surface area contributed by atoms with Crippen LogP contribution in [0.5, 0.6) is 0 Å². The van der Waals surface area contributed by atoms with Crippen molar-refractivity contribution in [1.82, 2.24) is 4.90 Å². The average Bonchev–Trinajstić information content (AvgIpc) is 2.51. The lowest BCUT2D eigenvalue weighted by Crippen LogP contribution is -2.32. The van der Waals surface area contributed by atoms with Crippen molar-refractivity contribution in [2.75, 3.05) is 18.8 Å². The van der Waals surface area contributed by atoms with Crippen LogP contribution in [0.1, 0.15) is 52.5 Å². The van der Waals surface area contributed by atoms with Gasteiger partial charge in [0, 0.05) is 11.4 Å². The average molecular weight is 294 g/mol. The van der Waals surface area contributed by atoms with Crippen LogP contribution in [0.2, 0.25) is 0 Å². The smallest absolute Gasteiger partial charge is 0.0234 e. The molecule has 0 N–H and O–H groups in total. The lowest BCUT2D eigenvalue weighted by atomic mass is 9.94. The second kappa shape index (κ2) is 10.3. The van der Waals surface area contributed by atoms with Crippen molar-refractivity contribution >= 4 is 11.8 Å². The summed E-state index contributed by atoms with van der Waals surface area (Å²) in [5, 5.41) is 0.